The first-order valence-electron chi connectivity index (χ1n) is 8.77. The number of nitrogens with one attached hydrogen (secondary N) is 1. The lowest BCUT2D eigenvalue weighted by Gasteiger charge is -2.17. The Kier molecular flexibility index (Phi) is 6.04. The summed E-state index contributed by atoms with van der Waals surface area (Å²) < 4.78 is 39.9. The number of hydrogen-bond donors (Lipinski definition) is 1. The molecule has 8 nitrogen and oxygen atoms in total. The van der Waals surface area contributed by atoms with E-state index in [1.165, 1.54) is 25.5 Å². The fraction of sp³-hybridized carbons (Fsp3) is 0.211. The Bertz CT molecular complexity index is 1190. The molecule has 1 aromatic heterocycles. The van der Waals surface area contributed by atoms with E-state index < -0.39 is 27.3 Å². The summed E-state index contributed by atoms with van der Waals surface area (Å²) in [4.78, 5) is 28.6. The Hall–Kier alpha value is -3.11. The van der Waals surface area contributed by atoms with Crippen molar-refractivity contribution in [3.63, 3.8) is 0 Å². The van der Waals surface area contributed by atoms with E-state index >= 15 is 0 Å². The molecule has 10 heteroatoms. The van der Waals surface area contributed by atoms with Gasteiger partial charge >= 0.3 is 0 Å². The molecule has 3 rings (SSSR count). The van der Waals surface area contributed by atoms with Gasteiger partial charge in [0.05, 0.1) is 15.8 Å². The van der Waals surface area contributed by atoms with Crippen LogP contribution in [0.15, 0.2) is 64.5 Å². The number of carbonyl (C=O) groups is 1. The summed E-state index contributed by atoms with van der Waals surface area (Å²) in [6.07, 6.45) is 1.47. The van der Waals surface area contributed by atoms with Gasteiger partial charge in [-0.3, -0.25) is 15.0 Å². The number of para-hydroxylation sites is 1. The van der Waals surface area contributed by atoms with Crippen molar-refractivity contribution < 1.29 is 17.6 Å². The van der Waals surface area contributed by atoms with Gasteiger partial charge in [-0.15, -0.1) is 0 Å². The maximum Gasteiger partial charge on any atom is 0.280 e. The predicted molar refractivity (Wildman–Crippen MR) is 106 cm³/mol. The van der Waals surface area contributed by atoms with Gasteiger partial charge in [0.15, 0.2) is 0 Å². The number of benzene rings is 2. The highest BCUT2D eigenvalue weighted by Gasteiger charge is 2.20. The Morgan fingerprint density at radius 2 is 1.86 bits per heavy atom. The maximum atomic E-state index is 13.0. The van der Waals surface area contributed by atoms with Crippen LogP contribution < -0.4 is 11.0 Å². The molecule has 0 bridgehead atoms. The van der Waals surface area contributed by atoms with Crippen LogP contribution in [-0.2, 0) is 14.8 Å². The van der Waals surface area contributed by atoms with Crippen molar-refractivity contribution in [1.82, 2.24) is 14.0 Å². The average molecular weight is 418 g/mol. The van der Waals surface area contributed by atoms with Crippen LogP contribution >= 0.6 is 0 Å². The molecule has 0 aliphatic rings. The minimum atomic E-state index is -3.77. The van der Waals surface area contributed by atoms with E-state index in [4.69, 9.17) is 0 Å². The fourth-order valence-corrected chi connectivity index (χ4v) is 3.92. The standard InChI is InChI=1S/C19H19FN4O4S/c1-23(29(27,28)15-10-8-14(20)9-11-15)12-4-7-18(25)22-24-13-21-17-6-3-2-5-16(17)19(24)26/h2-3,5-6,8-11,13H,4,7,12H2,1H3,(H,22,25). The first-order valence-corrected chi connectivity index (χ1v) is 10.2. The van der Waals surface area contributed by atoms with Crippen LogP contribution in [0.25, 0.3) is 10.9 Å². The molecule has 1 N–H and O–H groups in total. The number of carbonyl (C=O) groups excluding carboxylic acids is 1. The van der Waals surface area contributed by atoms with E-state index in [1.807, 2.05) is 0 Å². The second-order valence-electron chi connectivity index (χ2n) is 6.36. The molecule has 0 atom stereocenters. The van der Waals surface area contributed by atoms with Crippen molar-refractivity contribution in [1.29, 1.82) is 0 Å². The molecule has 152 valence electrons. The lowest BCUT2D eigenvalue weighted by atomic mass is 10.2. The van der Waals surface area contributed by atoms with E-state index in [0.717, 1.165) is 21.1 Å². The van der Waals surface area contributed by atoms with Gasteiger partial charge in [0, 0.05) is 20.0 Å². The minimum Gasteiger partial charge on any atom is -0.273 e. The van der Waals surface area contributed by atoms with Crippen molar-refractivity contribution in [2.24, 2.45) is 0 Å². The largest absolute Gasteiger partial charge is 0.280 e. The van der Waals surface area contributed by atoms with E-state index in [-0.39, 0.29) is 24.3 Å². The Morgan fingerprint density at radius 3 is 2.59 bits per heavy atom. The van der Waals surface area contributed by atoms with E-state index in [9.17, 15) is 22.4 Å². The first-order chi connectivity index (χ1) is 13.8. The van der Waals surface area contributed by atoms with Gasteiger partial charge < -0.3 is 0 Å². The molecule has 0 unspecified atom stereocenters. The van der Waals surface area contributed by atoms with Gasteiger partial charge in [-0.05, 0) is 42.8 Å². The molecule has 1 amide bonds. The smallest absolute Gasteiger partial charge is 0.273 e. The van der Waals surface area contributed by atoms with Crippen molar-refractivity contribution in [2.45, 2.75) is 17.7 Å². The van der Waals surface area contributed by atoms with Gasteiger partial charge in [0.1, 0.15) is 12.1 Å². The number of nitrogens with zero attached hydrogens (tertiary/aromatic N) is 3. The van der Waals surface area contributed by atoms with Gasteiger partial charge in [-0.1, -0.05) is 12.1 Å². The fourth-order valence-electron chi connectivity index (χ4n) is 2.71. The zero-order chi connectivity index (χ0) is 21.0. The third kappa shape index (κ3) is 4.66. The van der Waals surface area contributed by atoms with Crippen molar-refractivity contribution in [2.75, 3.05) is 19.0 Å². The highest BCUT2D eigenvalue weighted by atomic mass is 32.2. The molecule has 0 saturated carbocycles. The predicted octanol–water partition coefficient (Wildman–Crippen LogP) is 1.71. The first kappa shape index (κ1) is 20.6. The number of amides is 1. The average Bonchev–Trinajstić information content (AvgIpc) is 2.70. The Morgan fingerprint density at radius 1 is 1.17 bits per heavy atom. The Labute approximate surface area is 166 Å². The summed E-state index contributed by atoms with van der Waals surface area (Å²) in [5.41, 5.74) is 2.57. The minimum absolute atomic E-state index is 0.00252. The van der Waals surface area contributed by atoms with Crippen molar-refractivity contribution in [3.05, 3.63) is 71.0 Å². The molecule has 29 heavy (non-hydrogen) atoms. The van der Waals surface area contributed by atoms with E-state index in [1.54, 1.807) is 24.3 Å². The zero-order valence-electron chi connectivity index (χ0n) is 15.6. The van der Waals surface area contributed by atoms with Gasteiger partial charge in [-0.25, -0.2) is 26.8 Å². The van der Waals surface area contributed by atoms with Crippen LogP contribution in [0.5, 0.6) is 0 Å². The Balaban J connectivity index is 1.58. The third-order valence-electron chi connectivity index (χ3n) is 4.31. The number of fused-ring (bicyclic) bond motifs is 1. The maximum absolute atomic E-state index is 13.0. The quantitative estimate of drug-likeness (QED) is 0.629. The summed E-state index contributed by atoms with van der Waals surface area (Å²) in [5, 5.41) is 0.375. The normalized spacial score (nSPS) is 11.7. The lowest BCUT2D eigenvalue weighted by molar-refractivity contribution is -0.117. The summed E-state index contributed by atoms with van der Waals surface area (Å²) >= 11 is 0. The molecule has 1 heterocycles. The highest BCUT2D eigenvalue weighted by Crippen LogP contribution is 2.15. The molecule has 0 spiro atoms. The number of aromatic nitrogens is 2. The second-order valence-corrected chi connectivity index (χ2v) is 8.40. The highest BCUT2D eigenvalue weighted by molar-refractivity contribution is 7.89. The lowest BCUT2D eigenvalue weighted by Crippen LogP contribution is -2.34. The number of halogens is 1. The van der Waals surface area contributed by atoms with Gasteiger partial charge in [0.25, 0.3) is 5.56 Å². The summed E-state index contributed by atoms with van der Waals surface area (Å²) in [5.74, 6) is -0.974. The third-order valence-corrected chi connectivity index (χ3v) is 6.18. The summed E-state index contributed by atoms with van der Waals surface area (Å²) in [6, 6.07) is 11.3. The van der Waals surface area contributed by atoms with Crippen LogP contribution in [0.4, 0.5) is 4.39 Å². The number of hydrogen-bond acceptors (Lipinski definition) is 5. The second kappa shape index (κ2) is 8.50. The van der Waals surface area contributed by atoms with Crippen LogP contribution in [0.1, 0.15) is 12.8 Å². The topological polar surface area (TPSA) is 101 Å². The van der Waals surface area contributed by atoms with Gasteiger partial charge in [0.2, 0.25) is 15.9 Å². The monoisotopic (exact) mass is 418 g/mol. The number of sulfonamides is 1. The van der Waals surface area contributed by atoms with E-state index in [0.29, 0.717) is 10.9 Å². The van der Waals surface area contributed by atoms with Crippen molar-refractivity contribution >= 4 is 26.8 Å². The summed E-state index contributed by atoms with van der Waals surface area (Å²) in [7, 11) is -2.39. The molecule has 2 aromatic carbocycles. The van der Waals surface area contributed by atoms with Crippen LogP contribution in [0, 0.1) is 5.82 Å². The summed E-state index contributed by atoms with van der Waals surface area (Å²) in [6.45, 7) is 0.0813. The molecule has 0 aliphatic heterocycles. The number of rotatable bonds is 7. The van der Waals surface area contributed by atoms with Crippen LogP contribution in [0.3, 0.4) is 0 Å². The molecular formula is C19H19FN4O4S. The SMILES string of the molecule is CN(CCCC(=O)Nn1cnc2ccccc2c1=O)S(=O)(=O)c1ccc(F)cc1. The molecule has 0 radical (unpaired) electrons. The van der Waals surface area contributed by atoms with E-state index in [2.05, 4.69) is 10.4 Å². The molecule has 3 aromatic rings. The van der Waals surface area contributed by atoms with Crippen molar-refractivity contribution in [3.8, 4) is 0 Å². The molecular weight excluding hydrogens is 399 g/mol. The molecule has 0 aliphatic carbocycles. The molecule has 0 saturated heterocycles. The zero-order valence-corrected chi connectivity index (χ0v) is 16.4. The molecule has 0 fully saturated rings. The van der Waals surface area contributed by atoms with Crippen LogP contribution in [-0.4, -0.2) is 41.9 Å². The van der Waals surface area contributed by atoms with Crippen LogP contribution in [0.2, 0.25) is 0 Å². The van der Waals surface area contributed by atoms with Gasteiger partial charge in [-0.2, -0.15) is 0 Å².